The van der Waals surface area contributed by atoms with Crippen molar-refractivity contribution in [3.8, 4) is 23.1 Å². The first-order chi connectivity index (χ1) is 17.1. The highest BCUT2D eigenvalue weighted by Crippen LogP contribution is 2.35. The second kappa shape index (κ2) is 12.2. The lowest BCUT2D eigenvalue weighted by Crippen LogP contribution is -2.36. The van der Waals surface area contributed by atoms with Crippen molar-refractivity contribution in [2.24, 2.45) is 0 Å². The minimum atomic E-state index is -0.528. The molecule has 0 spiro atoms. The van der Waals surface area contributed by atoms with Gasteiger partial charge in [0.05, 0.1) is 36.8 Å². The molecule has 1 N–H and O–H groups in total. The summed E-state index contributed by atoms with van der Waals surface area (Å²) in [6.45, 7) is 6.41. The van der Waals surface area contributed by atoms with Crippen LogP contribution in [0.5, 0.6) is 17.4 Å². The lowest BCUT2D eigenvalue weighted by molar-refractivity contribution is 0.0127. The first-order valence-corrected chi connectivity index (χ1v) is 12.5. The van der Waals surface area contributed by atoms with Crippen LogP contribution in [0.25, 0.3) is 5.69 Å². The zero-order valence-corrected chi connectivity index (χ0v) is 21.0. The van der Waals surface area contributed by atoms with Crippen LogP contribution in [0.15, 0.2) is 54.6 Å². The van der Waals surface area contributed by atoms with Crippen LogP contribution >= 0.6 is 0 Å². The number of methoxy groups -OCH3 is 1. The highest BCUT2D eigenvalue weighted by Gasteiger charge is 2.32. The molecule has 1 aliphatic carbocycles. The first kappa shape index (κ1) is 25.2. The normalized spacial score (nSPS) is 14.3. The second-order valence-corrected chi connectivity index (χ2v) is 9.14. The zero-order chi connectivity index (χ0) is 24.6. The highest BCUT2D eigenvalue weighted by molar-refractivity contribution is 5.44. The number of ether oxygens (including phenoxy) is 3. The second-order valence-electron chi connectivity index (χ2n) is 9.14. The Labute approximate surface area is 208 Å². The van der Waals surface area contributed by atoms with E-state index in [0.717, 1.165) is 48.4 Å². The quantitative estimate of drug-likeness (QED) is 0.324. The molecule has 188 valence electrons. The summed E-state index contributed by atoms with van der Waals surface area (Å²) in [7, 11) is 1.65. The summed E-state index contributed by atoms with van der Waals surface area (Å²) >= 11 is 0. The van der Waals surface area contributed by atoms with Gasteiger partial charge in [0.15, 0.2) is 0 Å². The molecule has 0 saturated heterocycles. The number of aliphatic hydroxyl groups is 1. The molecule has 1 atom stereocenters. The van der Waals surface area contributed by atoms with Gasteiger partial charge in [0.1, 0.15) is 11.5 Å². The molecule has 3 aromatic rings. The van der Waals surface area contributed by atoms with Gasteiger partial charge < -0.3 is 19.3 Å². The standard InChI is InChI=1S/C28H37N3O4/c1-4-5-16-34-20-24(32)18-30(22-14-15-22)19-27-21(2)29-31(23-10-7-6-8-11-23)28(27)35-26-13-9-12-25(17-26)33-3/h6-13,17,22,24,32H,4-5,14-16,18-20H2,1-3H3/t24-/m0/s1. The van der Waals surface area contributed by atoms with Gasteiger partial charge in [0.25, 0.3) is 0 Å². The Balaban J connectivity index is 1.59. The van der Waals surface area contributed by atoms with Crippen molar-refractivity contribution >= 4 is 0 Å². The third kappa shape index (κ3) is 6.84. The monoisotopic (exact) mass is 479 g/mol. The lowest BCUT2D eigenvalue weighted by atomic mass is 10.2. The van der Waals surface area contributed by atoms with E-state index in [4.69, 9.17) is 19.3 Å². The van der Waals surface area contributed by atoms with Crippen LogP contribution in [-0.4, -0.2) is 58.8 Å². The first-order valence-electron chi connectivity index (χ1n) is 12.5. The zero-order valence-electron chi connectivity index (χ0n) is 21.0. The number of aromatic nitrogens is 2. The summed E-state index contributed by atoms with van der Waals surface area (Å²) in [6, 6.07) is 18.1. The van der Waals surface area contributed by atoms with E-state index in [9.17, 15) is 5.11 Å². The van der Waals surface area contributed by atoms with Crippen LogP contribution in [-0.2, 0) is 11.3 Å². The molecule has 0 unspecified atom stereocenters. The SMILES string of the molecule is CCCCOC[C@@H](O)CN(Cc1c(C)nn(-c2ccccc2)c1Oc1cccc(OC)c1)C1CC1. The molecule has 1 aliphatic rings. The predicted octanol–water partition coefficient (Wildman–Crippen LogP) is 5.12. The number of aryl methyl sites for hydroxylation is 1. The molecule has 4 rings (SSSR count). The smallest absolute Gasteiger partial charge is 0.227 e. The van der Waals surface area contributed by atoms with Crippen LogP contribution < -0.4 is 9.47 Å². The van der Waals surface area contributed by atoms with E-state index >= 15 is 0 Å². The highest BCUT2D eigenvalue weighted by atomic mass is 16.5. The minimum Gasteiger partial charge on any atom is -0.497 e. The fourth-order valence-corrected chi connectivity index (χ4v) is 4.12. The molecule has 1 fully saturated rings. The van der Waals surface area contributed by atoms with Gasteiger partial charge in [-0.3, -0.25) is 4.90 Å². The van der Waals surface area contributed by atoms with E-state index in [0.29, 0.717) is 44.0 Å². The Morgan fingerprint density at radius 2 is 1.89 bits per heavy atom. The molecular weight excluding hydrogens is 442 g/mol. The van der Waals surface area contributed by atoms with E-state index in [2.05, 4.69) is 11.8 Å². The van der Waals surface area contributed by atoms with Crippen LogP contribution in [0.3, 0.4) is 0 Å². The maximum absolute atomic E-state index is 10.7. The Hall–Kier alpha value is -2.87. The third-order valence-corrected chi connectivity index (χ3v) is 6.22. The number of para-hydroxylation sites is 1. The van der Waals surface area contributed by atoms with Gasteiger partial charge in [0.2, 0.25) is 5.88 Å². The summed E-state index contributed by atoms with van der Waals surface area (Å²) in [5, 5.41) is 15.5. The molecule has 7 nitrogen and oxygen atoms in total. The summed E-state index contributed by atoms with van der Waals surface area (Å²) in [6.07, 6.45) is 3.86. The van der Waals surface area contributed by atoms with Gasteiger partial charge in [-0.05, 0) is 50.5 Å². The topological polar surface area (TPSA) is 69.0 Å². The van der Waals surface area contributed by atoms with Gasteiger partial charge in [0, 0.05) is 31.8 Å². The average Bonchev–Trinajstić information content (AvgIpc) is 3.68. The molecule has 0 bridgehead atoms. The molecule has 0 aliphatic heterocycles. The lowest BCUT2D eigenvalue weighted by Gasteiger charge is -2.25. The average molecular weight is 480 g/mol. The van der Waals surface area contributed by atoms with Gasteiger partial charge in [-0.15, -0.1) is 0 Å². The van der Waals surface area contributed by atoms with Crippen molar-refractivity contribution < 1.29 is 19.3 Å². The minimum absolute atomic E-state index is 0.360. The number of unbranched alkanes of at least 4 members (excludes halogenated alkanes) is 1. The molecule has 35 heavy (non-hydrogen) atoms. The van der Waals surface area contributed by atoms with E-state index in [-0.39, 0.29) is 0 Å². The predicted molar refractivity (Wildman–Crippen MR) is 137 cm³/mol. The number of nitrogens with zero attached hydrogens (tertiary/aromatic N) is 3. The summed E-state index contributed by atoms with van der Waals surface area (Å²) in [4.78, 5) is 2.34. The molecule has 1 aromatic heterocycles. The number of hydrogen-bond acceptors (Lipinski definition) is 6. The molecule has 7 heteroatoms. The summed E-state index contributed by atoms with van der Waals surface area (Å²) in [5.74, 6) is 2.10. The van der Waals surface area contributed by atoms with Crippen molar-refractivity contribution in [1.82, 2.24) is 14.7 Å². The van der Waals surface area contributed by atoms with E-state index < -0.39 is 6.10 Å². The van der Waals surface area contributed by atoms with Crippen molar-refractivity contribution in [2.75, 3.05) is 26.9 Å². The number of hydrogen-bond donors (Lipinski definition) is 1. The summed E-state index contributed by atoms with van der Waals surface area (Å²) in [5.41, 5.74) is 2.86. The van der Waals surface area contributed by atoms with Crippen molar-refractivity contribution in [2.45, 2.75) is 58.2 Å². The molecular formula is C28H37N3O4. The largest absolute Gasteiger partial charge is 0.497 e. The van der Waals surface area contributed by atoms with Crippen LogP contribution in [0, 0.1) is 6.92 Å². The Morgan fingerprint density at radius 1 is 1.11 bits per heavy atom. The Kier molecular flexibility index (Phi) is 8.79. The molecule has 0 amide bonds. The molecule has 1 heterocycles. The van der Waals surface area contributed by atoms with Crippen LogP contribution in [0.1, 0.15) is 43.9 Å². The maximum atomic E-state index is 10.7. The molecule has 2 aromatic carbocycles. The fraction of sp³-hybridized carbons (Fsp3) is 0.464. The Bertz CT molecular complexity index is 1070. The third-order valence-electron chi connectivity index (χ3n) is 6.22. The van der Waals surface area contributed by atoms with E-state index in [1.54, 1.807) is 7.11 Å². The van der Waals surface area contributed by atoms with Crippen LogP contribution in [0.2, 0.25) is 0 Å². The van der Waals surface area contributed by atoms with Crippen molar-refractivity contribution in [3.63, 3.8) is 0 Å². The van der Waals surface area contributed by atoms with Crippen LogP contribution in [0.4, 0.5) is 0 Å². The maximum Gasteiger partial charge on any atom is 0.227 e. The van der Waals surface area contributed by atoms with Crippen molar-refractivity contribution in [3.05, 3.63) is 65.9 Å². The van der Waals surface area contributed by atoms with E-state index in [1.807, 2.05) is 66.2 Å². The van der Waals surface area contributed by atoms with Crippen molar-refractivity contribution in [1.29, 1.82) is 0 Å². The Morgan fingerprint density at radius 3 is 2.60 bits per heavy atom. The molecule has 0 radical (unpaired) electrons. The van der Waals surface area contributed by atoms with Gasteiger partial charge in [-0.25, -0.2) is 4.68 Å². The fourth-order valence-electron chi connectivity index (χ4n) is 4.12. The number of rotatable bonds is 14. The van der Waals surface area contributed by atoms with Gasteiger partial charge in [-0.1, -0.05) is 37.6 Å². The van der Waals surface area contributed by atoms with Gasteiger partial charge in [-0.2, -0.15) is 5.10 Å². The number of benzene rings is 2. The van der Waals surface area contributed by atoms with E-state index in [1.165, 1.54) is 0 Å². The molecule has 1 saturated carbocycles. The van der Waals surface area contributed by atoms with Gasteiger partial charge >= 0.3 is 0 Å². The summed E-state index contributed by atoms with van der Waals surface area (Å²) < 4.78 is 19.4. The number of aliphatic hydroxyl groups excluding tert-OH is 1.